The Kier molecular flexibility index (Phi) is 1.47. The molecule has 1 aromatic heterocycles. The summed E-state index contributed by atoms with van der Waals surface area (Å²) in [5, 5.41) is 7.00. The SMILES string of the molecule is c1noc(C2CCC3(CNC3)C2)n1. The van der Waals surface area contributed by atoms with E-state index in [1.807, 2.05) is 0 Å². The number of hydrogen-bond donors (Lipinski definition) is 1. The van der Waals surface area contributed by atoms with E-state index < -0.39 is 0 Å². The van der Waals surface area contributed by atoms with Gasteiger partial charge in [-0.15, -0.1) is 0 Å². The fourth-order valence-corrected chi connectivity index (χ4v) is 2.58. The molecule has 4 nitrogen and oxygen atoms in total. The van der Waals surface area contributed by atoms with E-state index in [2.05, 4.69) is 15.5 Å². The van der Waals surface area contributed by atoms with Gasteiger partial charge < -0.3 is 9.84 Å². The van der Waals surface area contributed by atoms with Crippen LogP contribution in [0.5, 0.6) is 0 Å². The van der Waals surface area contributed by atoms with Gasteiger partial charge in [-0.2, -0.15) is 4.98 Å². The highest BCUT2D eigenvalue weighted by molar-refractivity contribution is 5.05. The summed E-state index contributed by atoms with van der Waals surface area (Å²) < 4.78 is 5.10. The number of rotatable bonds is 1. The highest BCUT2D eigenvalue weighted by Gasteiger charge is 2.45. The molecule has 0 aromatic carbocycles. The molecule has 0 bridgehead atoms. The smallest absolute Gasteiger partial charge is 0.229 e. The van der Waals surface area contributed by atoms with Crippen molar-refractivity contribution in [1.82, 2.24) is 15.5 Å². The van der Waals surface area contributed by atoms with Crippen LogP contribution in [0.1, 0.15) is 31.1 Å². The molecule has 1 unspecified atom stereocenters. The van der Waals surface area contributed by atoms with Crippen LogP contribution < -0.4 is 5.32 Å². The highest BCUT2D eigenvalue weighted by atomic mass is 16.5. The fourth-order valence-electron chi connectivity index (χ4n) is 2.58. The number of nitrogens with zero attached hydrogens (tertiary/aromatic N) is 2. The molecule has 1 spiro atoms. The standard InChI is InChI=1S/C9H13N3O/c1-2-9(4-10-5-9)3-7(1)8-11-6-12-13-8/h6-7,10H,1-5H2. The molecule has 1 saturated heterocycles. The van der Waals surface area contributed by atoms with Crippen LogP contribution in [0.15, 0.2) is 10.9 Å². The second-order valence-corrected chi connectivity index (χ2v) is 4.32. The quantitative estimate of drug-likeness (QED) is 0.696. The average molecular weight is 179 g/mol. The molecular weight excluding hydrogens is 166 g/mol. The van der Waals surface area contributed by atoms with Gasteiger partial charge in [0.05, 0.1) is 0 Å². The van der Waals surface area contributed by atoms with Gasteiger partial charge in [-0.05, 0) is 24.7 Å². The number of hydrogen-bond acceptors (Lipinski definition) is 4. The zero-order valence-corrected chi connectivity index (χ0v) is 7.49. The van der Waals surface area contributed by atoms with E-state index >= 15 is 0 Å². The van der Waals surface area contributed by atoms with Crippen LogP contribution in [0.2, 0.25) is 0 Å². The molecule has 4 heteroatoms. The zero-order valence-electron chi connectivity index (χ0n) is 7.49. The molecule has 2 heterocycles. The first-order valence-electron chi connectivity index (χ1n) is 4.85. The van der Waals surface area contributed by atoms with Crippen molar-refractivity contribution in [2.24, 2.45) is 5.41 Å². The van der Waals surface area contributed by atoms with E-state index in [-0.39, 0.29) is 0 Å². The monoisotopic (exact) mass is 179 g/mol. The fraction of sp³-hybridized carbons (Fsp3) is 0.778. The van der Waals surface area contributed by atoms with Gasteiger partial charge in [0.25, 0.3) is 0 Å². The lowest BCUT2D eigenvalue weighted by Gasteiger charge is -2.39. The Morgan fingerprint density at radius 2 is 2.46 bits per heavy atom. The summed E-state index contributed by atoms with van der Waals surface area (Å²) in [6.45, 7) is 2.36. The van der Waals surface area contributed by atoms with Crippen molar-refractivity contribution in [2.75, 3.05) is 13.1 Å². The summed E-state index contributed by atoms with van der Waals surface area (Å²) in [4.78, 5) is 4.12. The van der Waals surface area contributed by atoms with Gasteiger partial charge in [-0.25, -0.2) is 0 Å². The van der Waals surface area contributed by atoms with Gasteiger partial charge in [0, 0.05) is 19.0 Å². The predicted octanol–water partition coefficient (Wildman–Crippen LogP) is 0.927. The van der Waals surface area contributed by atoms with Crippen LogP contribution in [-0.4, -0.2) is 23.2 Å². The van der Waals surface area contributed by atoms with E-state index in [1.165, 1.54) is 38.7 Å². The second kappa shape index (κ2) is 2.54. The lowest BCUT2D eigenvalue weighted by molar-refractivity contribution is 0.172. The minimum absolute atomic E-state index is 0.518. The van der Waals surface area contributed by atoms with Crippen molar-refractivity contribution < 1.29 is 4.52 Å². The molecule has 1 atom stereocenters. The Bertz CT molecular complexity index is 292. The number of aromatic nitrogens is 2. The molecule has 1 saturated carbocycles. The van der Waals surface area contributed by atoms with E-state index in [0.717, 1.165) is 5.89 Å². The van der Waals surface area contributed by atoms with Crippen LogP contribution in [-0.2, 0) is 0 Å². The Morgan fingerprint density at radius 3 is 3.00 bits per heavy atom. The largest absolute Gasteiger partial charge is 0.339 e. The lowest BCUT2D eigenvalue weighted by atomic mass is 9.79. The summed E-state index contributed by atoms with van der Waals surface area (Å²) in [5.41, 5.74) is 0.569. The van der Waals surface area contributed by atoms with Gasteiger partial charge in [-0.1, -0.05) is 5.16 Å². The summed E-state index contributed by atoms with van der Waals surface area (Å²) in [6, 6.07) is 0. The van der Waals surface area contributed by atoms with Crippen LogP contribution in [0.4, 0.5) is 0 Å². The molecule has 2 aliphatic rings. The molecule has 1 aromatic rings. The molecule has 70 valence electrons. The van der Waals surface area contributed by atoms with Gasteiger partial charge in [0.1, 0.15) is 0 Å². The maximum Gasteiger partial charge on any atom is 0.229 e. The molecule has 13 heavy (non-hydrogen) atoms. The first kappa shape index (κ1) is 7.50. The van der Waals surface area contributed by atoms with Gasteiger partial charge in [0.2, 0.25) is 5.89 Å². The van der Waals surface area contributed by atoms with Gasteiger partial charge >= 0.3 is 0 Å². The van der Waals surface area contributed by atoms with E-state index in [4.69, 9.17) is 4.52 Å². The molecule has 2 fully saturated rings. The van der Waals surface area contributed by atoms with Crippen LogP contribution >= 0.6 is 0 Å². The summed E-state index contributed by atoms with van der Waals surface area (Å²) in [6.07, 6.45) is 5.25. The minimum Gasteiger partial charge on any atom is -0.339 e. The van der Waals surface area contributed by atoms with Crippen LogP contribution in [0.3, 0.4) is 0 Å². The van der Waals surface area contributed by atoms with Crippen molar-refractivity contribution in [3.05, 3.63) is 12.2 Å². The van der Waals surface area contributed by atoms with E-state index in [0.29, 0.717) is 11.3 Å². The Labute approximate surface area is 76.7 Å². The maximum absolute atomic E-state index is 5.10. The molecule has 3 rings (SSSR count). The maximum atomic E-state index is 5.10. The Hall–Kier alpha value is -0.900. The van der Waals surface area contributed by atoms with Crippen molar-refractivity contribution in [2.45, 2.75) is 25.2 Å². The first-order chi connectivity index (χ1) is 6.38. The first-order valence-corrected chi connectivity index (χ1v) is 4.85. The normalized spacial score (nSPS) is 30.6. The second-order valence-electron chi connectivity index (χ2n) is 4.32. The van der Waals surface area contributed by atoms with Crippen LogP contribution in [0, 0.1) is 5.41 Å². The Balaban J connectivity index is 1.76. The summed E-state index contributed by atoms with van der Waals surface area (Å²) >= 11 is 0. The summed E-state index contributed by atoms with van der Waals surface area (Å²) in [7, 11) is 0. The third-order valence-corrected chi connectivity index (χ3v) is 3.43. The number of nitrogens with one attached hydrogen (secondary N) is 1. The average Bonchev–Trinajstić information content (AvgIpc) is 2.71. The Morgan fingerprint density at radius 1 is 1.54 bits per heavy atom. The van der Waals surface area contributed by atoms with E-state index in [9.17, 15) is 0 Å². The molecule has 1 N–H and O–H groups in total. The molecule has 0 amide bonds. The molecule has 1 aliphatic carbocycles. The third-order valence-electron chi connectivity index (χ3n) is 3.43. The highest BCUT2D eigenvalue weighted by Crippen LogP contribution is 2.48. The molecule has 0 radical (unpaired) electrons. The van der Waals surface area contributed by atoms with Crippen molar-refractivity contribution >= 4 is 0 Å². The summed E-state index contributed by atoms with van der Waals surface area (Å²) in [5.74, 6) is 1.35. The van der Waals surface area contributed by atoms with Crippen molar-refractivity contribution in [3.63, 3.8) is 0 Å². The topological polar surface area (TPSA) is 51.0 Å². The third kappa shape index (κ3) is 1.09. The lowest BCUT2D eigenvalue weighted by Crippen LogP contribution is -2.51. The van der Waals surface area contributed by atoms with Crippen molar-refractivity contribution in [3.8, 4) is 0 Å². The minimum atomic E-state index is 0.518. The van der Waals surface area contributed by atoms with Gasteiger partial charge in [-0.3, -0.25) is 0 Å². The molecule has 1 aliphatic heterocycles. The zero-order chi connectivity index (χ0) is 8.73. The van der Waals surface area contributed by atoms with Gasteiger partial charge in [0.15, 0.2) is 6.33 Å². The van der Waals surface area contributed by atoms with Crippen LogP contribution in [0.25, 0.3) is 0 Å². The predicted molar refractivity (Wildman–Crippen MR) is 46.2 cm³/mol. The van der Waals surface area contributed by atoms with Crippen molar-refractivity contribution in [1.29, 1.82) is 0 Å². The van der Waals surface area contributed by atoms with E-state index in [1.54, 1.807) is 0 Å². The molecular formula is C9H13N3O.